The van der Waals surface area contributed by atoms with Gasteiger partial charge in [-0.05, 0) is 43.7 Å². The van der Waals surface area contributed by atoms with E-state index in [1.54, 1.807) is 38.2 Å². The molecule has 162 valence electrons. The molecule has 0 saturated carbocycles. The zero-order chi connectivity index (χ0) is 22.6. The van der Waals surface area contributed by atoms with Gasteiger partial charge in [-0.25, -0.2) is 23.1 Å². The van der Waals surface area contributed by atoms with Crippen LogP contribution < -0.4 is 15.6 Å². The first-order valence-corrected chi connectivity index (χ1v) is 11.2. The molecule has 3 aromatic rings. The van der Waals surface area contributed by atoms with Crippen LogP contribution in [0.2, 0.25) is 10.0 Å². The van der Waals surface area contributed by atoms with E-state index < -0.39 is 15.9 Å². The topological polar surface area (TPSA) is 126 Å². The predicted molar refractivity (Wildman–Crippen MR) is 117 cm³/mol. The molecular formula is C19H18Cl2N6O3S. The fraction of sp³-hybridized carbons (Fsp3) is 0.158. The summed E-state index contributed by atoms with van der Waals surface area (Å²) in [6, 6.07) is 7.49. The minimum Gasteiger partial charge on any atom is -0.267 e. The van der Waals surface area contributed by atoms with E-state index in [1.165, 1.54) is 12.3 Å². The van der Waals surface area contributed by atoms with Gasteiger partial charge in [-0.1, -0.05) is 29.3 Å². The van der Waals surface area contributed by atoms with Crippen molar-refractivity contribution in [3.05, 3.63) is 75.3 Å². The number of amides is 1. The lowest BCUT2D eigenvalue weighted by atomic mass is 10.2. The van der Waals surface area contributed by atoms with Crippen LogP contribution in [0, 0.1) is 13.8 Å². The summed E-state index contributed by atoms with van der Waals surface area (Å²) in [6.07, 6.45) is 3.11. The standard InChI is InChI=1S/C19H18Cl2N6O3S/c1-11-6-12(2)25-19(24-11)27-26-18(28)14-7-17(16(21)8-15(14)20)31(29,30)23-10-13-4-3-5-22-9-13/h3-9,23H,10H2,1-2H3,(H,26,28)(H,24,25,27). The number of pyridine rings is 1. The molecule has 0 aliphatic carbocycles. The van der Waals surface area contributed by atoms with E-state index in [4.69, 9.17) is 23.2 Å². The van der Waals surface area contributed by atoms with Gasteiger partial charge in [0.05, 0.1) is 15.6 Å². The highest BCUT2D eigenvalue weighted by molar-refractivity contribution is 7.89. The first kappa shape index (κ1) is 22.9. The molecule has 0 atom stereocenters. The minimum atomic E-state index is -4.03. The number of nitrogens with one attached hydrogen (secondary N) is 3. The molecule has 2 aromatic heterocycles. The molecule has 0 aliphatic rings. The molecule has 31 heavy (non-hydrogen) atoms. The summed E-state index contributed by atoms with van der Waals surface area (Å²) in [4.78, 5) is 24.5. The van der Waals surface area contributed by atoms with Gasteiger partial charge in [-0.15, -0.1) is 0 Å². The van der Waals surface area contributed by atoms with E-state index >= 15 is 0 Å². The van der Waals surface area contributed by atoms with Crippen molar-refractivity contribution in [2.75, 3.05) is 5.43 Å². The lowest BCUT2D eigenvalue weighted by Crippen LogP contribution is -2.31. The fourth-order valence-corrected chi connectivity index (χ4v) is 4.50. The third-order valence-electron chi connectivity index (χ3n) is 4.01. The second-order valence-corrected chi connectivity index (χ2v) is 9.05. The van der Waals surface area contributed by atoms with Gasteiger partial charge < -0.3 is 0 Å². The number of aryl methyl sites for hydroxylation is 2. The fourth-order valence-electron chi connectivity index (χ4n) is 2.63. The van der Waals surface area contributed by atoms with Crippen LogP contribution >= 0.6 is 23.2 Å². The number of hydrazine groups is 1. The van der Waals surface area contributed by atoms with Gasteiger partial charge >= 0.3 is 0 Å². The number of benzene rings is 1. The molecule has 1 aromatic carbocycles. The molecule has 0 saturated heterocycles. The van der Waals surface area contributed by atoms with E-state index in [0.29, 0.717) is 17.0 Å². The Kier molecular flexibility index (Phi) is 7.06. The molecule has 0 radical (unpaired) electrons. The zero-order valence-corrected chi connectivity index (χ0v) is 18.8. The van der Waals surface area contributed by atoms with E-state index in [-0.39, 0.29) is 33.0 Å². The summed E-state index contributed by atoms with van der Waals surface area (Å²) >= 11 is 12.2. The smallest absolute Gasteiger partial charge is 0.267 e. The highest BCUT2D eigenvalue weighted by Gasteiger charge is 2.23. The van der Waals surface area contributed by atoms with Crippen molar-refractivity contribution in [1.29, 1.82) is 0 Å². The number of aromatic nitrogens is 3. The van der Waals surface area contributed by atoms with Crippen LogP contribution in [0.1, 0.15) is 27.3 Å². The number of carbonyl (C=O) groups is 1. The summed E-state index contributed by atoms with van der Waals surface area (Å²) < 4.78 is 27.9. The third kappa shape index (κ3) is 5.88. The maximum Gasteiger partial charge on any atom is 0.271 e. The summed E-state index contributed by atoms with van der Waals surface area (Å²) in [5.41, 5.74) is 6.97. The quantitative estimate of drug-likeness (QED) is 0.443. The molecule has 3 rings (SSSR count). The van der Waals surface area contributed by atoms with Crippen LogP contribution in [0.5, 0.6) is 0 Å². The molecule has 9 nitrogen and oxygen atoms in total. The van der Waals surface area contributed by atoms with Gasteiger partial charge in [0.25, 0.3) is 5.91 Å². The lowest BCUT2D eigenvalue weighted by molar-refractivity contribution is 0.0962. The van der Waals surface area contributed by atoms with Gasteiger partial charge in [-0.3, -0.25) is 20.6 Å². The first-order chi connectivity index (χ1) is 14.7. The molecule has 0 bridgehead atoms. The molecule has 1 amide bonds. The highest BCUT2D eigenvalue weighted by atomic mass is 35.5. The van der Waals surface area contributed by atoms with Crippen molar-refractivity contribution in [2.24, 2.45) is 0 Å². The number of hydrogen-bond acceptors (Lipinski definition) is 7. The van der Waals surface area contributed by atoms with E-state index in [1.807, 2.05) is 0 Å². The molecule has 0 aliphatic heterocycles. The number of nitrogens with zero attached hydrogens (tertiary/aromatic N) is 3. The number of anilines is 1. The molecule has 12 heteroatoms. The summed E-state index contributed by atoms with van der Waals surface area (Å²) in [5, 5.41) is -0.136. The molecular weight excluding hydrogens is 463 g/mol. The van der Waals surface area contributed by atoms with Crippen LogP contribution in [0.25, 0.3) is 0 Å². The van der Waals surface area contributed by atoms with Gasteiger partial charge in [-0.2, -0.15) is 0 Å². The van der Waals surface area contributed by atoms with Gasteiger partial charge in [0.15, 0.2) is 0 Å². The first-order valence-electron chi connectivity index (χ1n) is 8.92. The molecule has 0 fully saturated rings. The second-order valence-electron chi connectivity index (χ2n) is 6.50. The summed E-state index contributed by atoms with van der Waals surface area (Å²) in [7, 11) is -4.03. The third-order valence-corrected chi connectivity index (χ3v) is 6.19. The monoisotopic (exact) mass is 480 g/mol. The zero-order valence-electron chi connectivity index (χ0n) is 16.5. The predicted octanol–water partition coefficient (Wildman–Crippen LogP) is 3.03. The lowest BCUT2D eigenvalue weighted by Gasteiger charge is -2.13. The van der Waals surface area contributed by atoms with Crippen LogP contribution in [-0.2, 0) is 16.6 Å². The molecule has 3 N–H and O–H groups in total. The normalized spacial score (nSPS) is 11.2. The Hall–Kier alpha value is -2.79. The van der Waals surface area contributed by atoms with E-state index in [0.717, 1.165) is 6.07 Å². The van der Waals surface area contributed by atoms with Crippen molar-refractivity contribution in [2.45, 2.75) is 25.3 Å². The van der Waals surface area contributed by atoms with Gasteiger partial charge in [0, 0.05) is 30.3 Å². The maximum absolute atomic E-state index is 12.7. The maximum atomic E-state index is 12.7. The Balaban J connectivity index is 1.80. The van der Waals surface area contributed by atoms with Crippen LogP contribution in [0.15, 0.2) is 47.6 Å². The average molecular weight is 481 g/mol. The molecule has 0 spiro atoms. The Morgan fingerprint density at radius 3 is 2.42 bits per heavy atom. The van der Waals surface area contributed by atoms with Crippen LogP contribution in [0.3, 0.4) is 0 Å². The number of carbonyl (C=O) groups excluding carboxylic acids is 1. The Morgan fingerprint density at radius 2 is 1.77 bits per heavy atom. The van der Waals surface area contributed by atoms with Gasteiger partial charge in [0.1, 0.15) is 4.90 Å². The second kappa shape index (κ2) is 9.56. The Morgan fingerprint density at radius 1 is 1.06 bits per heavy atom. The van der Waals surface area contributed by atoms with Crippen molar-refractivity contribution >= 4 is 45.1 Å². The van der Waals surface area contributed by atoms with Crippen molar-refractivity contribution in [1.82, 2.24) is 25.1 Å². The Bertz CT molecular complexity index is 1200. The number of hydrogen-bond donors (Lipinski definition) is 3. The van der Waals surface area contributed by atoms with Crippen molar-refractivity contribution in [3.8, 4) is 0 Å². The molecule has 0 unspecified atom stereocenters. The Labute approximate surface area is 189 Å². The number of rotatable bonds is 7. The minimum absolute atomic E-state index is 0.00224. The average Bonchev–Trinajstić information content (AvgIpc) is 2.70. The summed E-state index contributed by atoms with van der Waals surface area (Å²) in [6.45, 7) is 3.57. The number of halogens is 2. The SMILES string of the molecule is Cc1cc(C)nc(NNC(=O)c2cc(S(=O)(=O)NCc3cccnc3)c(Cl)cc2Cl)n1. The summed E-state index contributed by atoms with van der Waals surface area (Å²) in [5.74, 6) is -0.505. The number of sulfonamides is 1. The molecule has 2 heterocycles. The van der Waals surface area contributed by atoms with Crippen LogP contribution in [-0.4, -0.2) is 29.3 Å². The van der Waals surface area contributed by atoms with E-state index in [2.05, 4.69) is 30.5 Å². The van der Waals surface area contributed by atoms with Gasteiger partial charge in [0.2, 0.25) is 16.0 Å². The van der Waals surface area contributed by atoms with Crippen molar-refractivity contribution < 1.29 is 13.2 Å². The van der Waals surface area contributed by atoms with Crippen molar-refractivity contribution in [3.63, 3.8) is 0 Å². The highest BCUT2D eigenvalue weighted by Crippen LogP contribution is 2.29. The largest absolute Gasteiger partial charge is 0.271 e. The van der Waals surface area contributed by atoms with Crippen LogP contribution in [0.4, 0.5) is 5.95 Å². The van der Waals surface area contributed by atoms with E-state index in [9.17, 15) is 13.2 Å².